The van der Waals surface area contributed by atoms with Gasteiger partial charge in [-0.05, 0) is 37.3 Å². The van der Waals surface area contributed by atoms with Crippen molar-refractivity contribution >= 4 is 38.6 Å². The van der Waals surface area contributed by atoms with Crippen LogP contribution >= 0.6 is 0 Å². The van der Waals surface area contributed by atoms with Crippen LogP contribution in [0.25, 0.3) is 50.0 Å². The summed E-state index contributed by atoms with van der Waals surface area (Å²) in [6.07, 6.45) is 0. The van der Waals surface area contributed by atoms with E-state index >= 15 is 0 Å². The van der Waals surface area contributed by atoms with Gasteiger partial charge in [0.05, 0.1) is 16.6 Å². The maximum atomic E-state index is 13.5. The Balaban J connectivity index is 1.94. The lowest BCUT2D eigenvalue weighted by molar-refractivity contribution is 0.967. The number of benzene rings is 3. The average molecular weight is 390 g/mol. The van der Waals surface area contributed by atoms with Gasteiger partial charge >= 0.3 is 0 Å². The zero-order chi connectivity index (χ0) is 20.4. The zero-order valence-corrected chi connectivity index (χ0v) is 16.6. The predicted molar refractivity (Wildman–Crippen MR) is 121 cm³/mol. The second kappa shape index (κ2) is 6.00. The Morgan fingerprint density at radius 1 is 0.800 bits per heavy atom. The van der Waals surface area contributed by atoms with Gasteiger partial charge in [-0.3, -0.25) is 9.20 Å². The molecular formula is C25H18N4O. The van der Waals surface area contributed by atoms with Crippen LogP contribution < -0.4 is 5.43 Å². The molecule has 144 valence electrons. The van der Waals surface area contributed by atoms with Crippen molar-refractivity contribution in [3.05, 3.63) is 88.6 Å². The number of rotatable bonds is 1. The number of aromatic nitrogens is 4. The average Bonchev–Trinajstić information content (AvgIpc) is 3.16. The monoisotopic (exact) mass is 390 g/mol. The van der Waals surface area contributed by atoms with Crippen LogP contribution in [0.3, 0.4) is 0 Å². The summed E-state index contributed by atoms with van der Waals surface area (Å²) in [6.45, 7) is 2.07. The molecule has 30 heavy (non-hydrogen) atoms. The summed E-state index contributed by atoms with van der Waals surface area (Å²) >= 11 is 0. The second-order valence-corrected chi connectivity index (χ2v) is 7.67. The Bertz CT molecular complexity index is 1690. The van der Waals surface area contributed by atoms with E-state index in [2.05, 4.69) is 25.1 Å². The number of fused-ring (bicyclic) bond motifs is 6. The highest BCUT2D eigenvalue weighted by molar-refractivity contribution is 6.02. The molecule has 6 rings (SSSR count). The molecule has 5 heteroatoms. The molecule has 0 aliphatic rings. The first-order valence-electron chi connectivity index (χ1n) is 9.89. The van der Waals surface area contributed by atoms with Crippen LogP contribution in [0.5, 0.6) is 0 Å². The molecule has 3 heterocycles. The lowest BCUT2D eigenvalue weighted by Gasteiger charge is -2.14. The maximum absolute atomic E-state index is 13.5. The molecule has 0 unspecified atom stereocenters. The molecule has 0 aliphatic heterocycles. The first kappa shape index (κ1) is 16.9. The van der Waals surface area contributed by atoms with E-state index in [-0.39, 0.29) is 5.43 Å². The third-order valence-electron chi connectivity index (χ3n) is 5.76. The fourth-order valence-corrected chi connectivity index (χ4v) is 4.34. The highest BCUT2D eigenvalue weighted by atomic mass is 16.1. The SMILES string of the molecule is Cc1cccc(-c2nc3c(c(=O)c4ccccc4n3C)c3nc4ccccc4n23)c1. The van der Waals surface area contributed by atoms with Gasteiger partial charge in [0.25, 0.3) is 0 Å². The fourth-order valence-electron chi connectivity index (χ4n) is 4.34. The van der Waals surface area contributed by atoms with Crippen molar-refractivity contribution in [1.29, 1.82) is 0 Å². The molecule has 0 atom stereocenters. The molecule has 0 bridgehead atoms. The Hall–Kier alpha value is -3.99. The van der Waals surface area contributed by atoms with Gasteiger partial charge in [-0.15, -0.1) is 0 Å². The molecule has 0 aliphatic carbocycles. The fraction of sp³-hybridized carbons (Fsp3) is 0.0800. The maximum Gasteiger partial charge on any atom is 0.202 e. The van der Waals surface area contributed by atoms with Crippen molar-refractivity contribution in [3.8, 4) is 11.4 Å². The molecule has 0 N–H and O–H groups in total. The van der Waals surface area contributed by atoms with E-state index in [1.165, 1.54) is 0 Å². The number of hydrogen-bond acceptors (Lipinski definition) is 3. The molecule has 5 nitrogen and oxygen atoms in total. The van der Waals surface area contributed by atoms with Crippen molar-refractivity contribution in [2.24, 2.45) is 7.05 Å². The summed E-state index contributed by atoms with van der Waals surface area (Å²) in [5.41, 5.74) is 6.03. The topological polar surface area (TPSA) is 52.2 Å². The minimum absolute atomic E-state index is 0.0395. The van der Waals surface area contributed by atoms with Crippen LogP contribution in [0, 0.1) is 6.92 Å². The second-order valence-electron chi connectivity index (χ2n) is 7.67. The molecule has 0 amide bonds. The van der Waals surface area contributed by atoms with Gasteiger partial charge in [0.15, 0.2) is 5.65 Å². The van der Waals surface area contributed by atoms with Crippen molar-refractivity contribution < 1.29 is 0 Å². The Morgan fingerprint density at radius 3 is 2.40 bits per heavy atom. The number of pyridine rings is 1. The van der Waals surface area contributed by atoms with Crippen molar-refractivity contribution in [2.45, 2.75) is 6.92 Å². The first-order valence-corrected chi connectivity index (χ1v) is 9.89. The number of imidazole rings is 1. The smallest absolute Gasteiger partial charge is 0.202 e. The number of hydrogen-bond donors (Lipinski definition) is 0. The van der Waals surface area contributed by atoms with Gasteiger partial charge < -0.3 is 4.57 Å². The van der Waals surface area contributed by atoms with Crippen LogP contribution in [-0.4, -0.2) is 18.9 Å². The third kappa shape index (κ3) is 2.20. The lowest BCUT2D eigenvalue weighted by Crippen LogP contribution is -2.13. The van der Waals surface area contributed by atoms with Gasteiger partial charge in [-0.25, -0.2) is 9.97 Å². The number of para-hydroxylation sites is 3. The van der Waals surface area contributed by atoms with Gasteiger partial charge in [0.2, 0.25) is 5.43 Å². The van der Waals surface area contributed by atoms with E-state index in [0.29, 0.717) is 22.1 Å². The van der Waals surface area contributed by atoms with Crippen molar-refractivity contribution in [3.63, 3.8) is 0 Å². The largest absolute Gasteiger partial charge is 0.328 e. The Morgan fingerprint density at radius 2 is 1.57 bits per heavy atom. The molecule has 0 fully saturated rings. The normalized spacial score (nSPS) is 11.8. The van der Waals surface area contributed by atoms with Gasteiger partial charge in [0.1, 0.15) is 16.9 Å². The van der Waals surface area contributed by atoms with Crippen LogP contribution in [0.2, 0.25) is 0 Å². The van der Waals surface area contributed by atoms with Crippen LogP contribution in [0.4, 0.5) is 0 Å². The van der Waals surface area contributed by atoms with E-state index in [4.69, 9.17) is 9.97 Å². The summed E-state index contributed by atoms with van der Waals surface area (Å²) in [4.78, 5) is 23.4. The van der Waals surface area contributed by atoms with Crippen LogP contribution in [0.15, 0.2) is 77.6 Å². The Labute approximate surface area is 171 Å². The highest BCUT2D eigenvalue weighted by Gasteiger charge is 2.20. The highest BCUT2D eigenvalue weighted by Crippen LogP contribution is 2.29. The first-order chi connectivity index (χ1) is 14.6. The van der Waals surface area contributed by atoms with Crippen LogP contribution in [0.1, 0.15) is 5.56 Å². The number of nitrogens with zero attached hydrogens (tertiary/aromatic N) is 4. The summed E-state index contributed by atoms with van der Waals surface area (Å²) in [5, 5.41) is 1.22. The molecule has 0 saturated heterocycles. The van der Waals surface area contributed by atoms with Crippen molar-refractivity contribution in [2.75, 3.05) is 0 Å². The Kier molecular flexibility index (Phi) is 3.39. The zero-order valence-electron chi connectivity index (χ0n) is 16.6. The summed E-state index contributed by atoms with van der Waals surface area (Å²) in [7, 11) is 1.95. The van der Waals surface area contributed by atoms with Crippen LogP contribution in [-0.2, 0) is 7.05 Å². The molecule has 3 aromatic carbocycles. The molecule has 0 spiro atoms. The molecule has 6 aromatic rings. The minimum atomic E-state index is -0.0395. The predicted octanol–water partition coefficient (Wildman–Crippen LogP) is 4.86. The molecule has 3 aromatic heterocycles. The summed E-state index contributed by atoms with van der Waals surface area (Å²) in [5.74, 6) is 0.778. The lowest BCUT2D eigenvalue weighted by atomic mass is 10.1. The molecule has 0 saturated carbocycles. The van der Waals surface area contributed by atoms with Crippen molar-refractivity contribution in [1.82, 2.24) is 18.9 Å². The van der Waals surface area contributed by atoms with E-state index < -0.39 is 0 Å². The summed E-state index contributed by atoms with van der Waals surface area (Å²) < 4.78 is 4.01. The quantitative estimate of drug-likeness (QED) is 0.377. The standard InChI is InChI=1S/C25H18N4O/c1-15-8-7-9-16(14-15)23-27-24-21(22(30)17-10-3-5-12-19(17)28(24)2)25-26-18-11-4-6-13-20(18)29(23)25/h3-14H,1-2H3. The molecular weight excluding hydrogens is 372 g/mol. The van der Waals surface area contributed by atoms with E-state index in [9.17, 15) is 4.79 Å². The molecule has 0 radical (unpaired) electrons. The third-order valence-corrected chi connectivity index (χ3v) is 5.76. The van der Waals surface area contributed by atoms with E-state index in [0.717, 1.165) is 33.5 Å². The summed E-state index contributed by atoms with van der Waals surface area (Å²) in [6, 6.07) is 23.9. The van der Waals surface area contributed by atoms with Gasteiger partial charge in [-0.2, -0.15) is 0 Å². The van der Waals surface area contributed by atoms with E-state index in [1.54, 1.807) is 0 Å². The minimum Gasteiger partial charge on any atom is -0.328 e. The van der Waals surface area contributed by atoms with E-state index in [1.807, 2.05) is 70.6 Å². The van der Waals surface area contributed by atoms with Gasteiger partial charge in [0, 0.05) is 18.0 Å². The number of aryl methyl sites for hydroxylation is 2. The van der Waals surface area contributed by atoms with Gasteiger partial charge in [-0.1, -0.05) is 48.0 Å².